The van der Waals surface area contributed by atoms with Crippen molar-refractivity contribution in [3.63, 3.8) is 0 Å². The summed E-state index contributed by atoms with van der Waals surface area (Å²) in [5, 5.41) is 8.10. The molecule has 0 amide bonds. The molecule has 0 aliphatic carbocycles. The second-order valence-electron chi connectivity index (χ2n) is 7.42. The zero-order valence-electron chi connectivity index (χ0n) is 13.1. The minimum Gasteiger partial charge on any atom is -0.308 e. The zero-order valence-corrected chi connectivity index (χ0v) is 13.1. The minimum atomic E-state index is 0.153. The average Bonchev–Trinajstić information content (AvgIpc) is 2.51. The number of hydrogen-bond donors (Lipinski definition) is 1. The van der Waals surface area contributed by atoms with Crippen LogP contribution in [0.15, 0.2) is 6.20 Å². The quantitative estimate of drug-likeness (QED) is 0.887. The van der Waals surface area contributed by atoms with Crippen LogP contribution in [0.5, 0.6) is 0 Å². The van der Waals surface area contributed by atoms with Gasteiger partial charge >= 0.3 is 0 Å². The molecule has 1 rings (SSSR count). The van der Waals surface area contributed by atoms with Crippen LogP contribution >= 0.6 is 0 Å². The molecule has 18 heavy (non-hydrogen) atoms. The monoisotopic (exact) mass is 251 g/mol. The molecule has 0 saturated carbocycles. The van der Waals surface area contributed by atoms with Gasteiger partial charge < -0.3 is 5.32 Å². The Morgan fingerprint density at radius 1 is 1.17 bits per heavy atom. The van der Waals surface area contributed by atoms with E-state index in [2.05, 4.69) is 69.8 Å². The van der Waals surface area contributed by atoms with Gasteiger partial charge in [-0.15, -0.1) is 0 Å². The standard InChI is InChI=1S/C15H29N3/c1-12-13(10-16-15(5,6)7)11-18(17-12)9-8-14(2,3)4/h11,16H,8-10H2,1-7H3. The highest BCUT2D eigenvalue weighted by Crippen LogP contribution is 2.19. The van der Waals surface area contributed by atoms with E-state index in [1.807, 2.05) is 0 Å². The van der Waals surface area contributed by atoms with Crippen LogP contribution in [0.1, 0.15) is 59.2 Å². The lowest BCUT2D eigenvalue weighted by Crippen LogP contribution is -2.35. The Balaban J connectivity index is 2.59. The van der Waals surface area contributed by atoms with Gasteiger partial charge in [-0.2, -0.15) is 5.10 Å². The van der Waals surface area contributed by atoms with Crippen LogP contribution < -0.4 is 5.32 Å². The molecule has 0 unspecified atom stereocenters. The predicted octanol–water partition coefficient (Wildman–Crippen LogP) is 3.52. The van der Waals surface area contributed by atoms with Crippen molar-refractivity contribution in [2.75, 3.05) is 0 Å². The lowest BCUT2D eigenvalue weighted by atomic mass is 9.92. The summed E-state index contributed by atoms with van der Waals surface area (Å²) in [5.74, 6) is 0. The SMILES string of the molecule is Cc1nn(CCC(C)(C)C)cc1CNC(C)(C)C. The van der Waals surface area contributed by atoms with E-state index in [1.54, 1.807) is 0 Å². The Morgan fingerprint density at radius 2 is 1.78 bits per heavy atom. The first-order valence-corrected chi connectivity index (χ1v) is 6.85. The van der Waals surface area contributed by atoms with Crippen molar-refractivity contribution in [3.8, 4) is 0 Å². The van der Waals surface area contributed by atoms with E-state index < -0.39 is 0 Å². The van der Waals surface area contributed by atoms with E-state index in [4.69, 9.17) is 0 Å². The van der Waals surface area contributed by atoms with Crippen molar-refractivity contribution in [1.82, 2.24) is 15.1 Å². The Hall–Kier alpha value is -0.830. The maximum Gasteiger partial charge on any atom is 0.0638 e. The van der Waals surface area contributed by atoms with Gasteiger partial charge in [-0.1, -0.05) is 20.8 Å². The molecule has 0 aromatic carbocycles. The van der Waals surface area contributed by atoms with Crippen LogP contribution in [0.2, 0.25) is 0 Å². The number of hydrogen-bond acceptors (Lipinski definition) is 2. The first-order valence-electron chi connectivity index (χ1n) is 6.85. The Bertz CT molecular complexity index is 377. The molecule has 1 aromatic rings. The maximum absolute atomic E-state index is 4.59. The summed E-state index contributed by atoms with van der Waals surface area (Å²) in [7, 11) is 0. The average molecular weight is 251 g/mol. The summed E-state index contributed by atoms with van der Waals surface area (Å²) in [6.07, 6.45) is 3.33. The summed E-state index contributed by atoms with van der Waals surface area (Å²) in [6.45, 7) is 17.4. The Kier molecular flexibility index (Phi) is 4.60. The van der Waals surface area contributed by atoms with Crippen molar-refractivity contribution in [1.29, 1.82) is 0 Å². The summed E-state index contributed by atoms with van der Waals surface area (Å²) in [6, 6.07) is 0. The van der Waals surface area contributed by atoms with E-state index in [9.17, 15) is 0 Å². The Labute approximate surface area is 112 Å². The van der Waals surface area contributed by atoms with Crippen LogP contribution in [0, 0.1) is 12.3 Å². The summed E-state index contributed by atoms with van der Waals surface area (Å²) in [4.78, 5) is 0. The molecule has 0 bridgehead atoms. The van der Waals surface area contributed by atoms with Gasteiger partial charge in [0, 0.05) is 30.4 Å². The molecule has 1 heterocycles. The van der Waals surface area contributed by atoms with Gasteiger partial charge in [0.1, 0.15) is 0 Å². The third kappa shape index (κ3) is 5.67. The third-order valence-electron chi connectivity index (χ3n) is 2.95. The molecular formula is C15H29N3. The molecule has 1 N–H and O–H groups in total. The van der Waals surface area contributed by atoms with Crippen LogP contribution in [0.4, 0.5) is 0 Å². The predicted molar refractivity (Wildman–Crippen MR) is 77.6 cm³/mol. The van der Waals surface area contributed by atoms with Crippen molar-refractivity contribution in [2.24, 2.45) is 5.41 Å². The van der Waals surface area contributed by atoms with Crippen molar-refractivity contribution < 1.29 is 0 Å². The topological polar surface area (TPSA) is 29.9 Å². The molecule has 0 aliphatic rings. The normalized spacial score (nSPS) is 13.1. The fraction of sp³-hybridized carbons (Fsp3) is 0.800. The van der Waals surface area contributed by atoms with Crippen molar-refractivity contribution in [2.45, 2.75) is 73.5 Å². The molecule has 0 atom stereocenters. The first kappa shape index (κ1) is 15.2. The molecule has 0 radical (unpaired) electrons. The zero-order chi connectivity index (χ0) is 14.0. The number of aromatic nitrogens is 2. The van der Waals surface area contributed by atoms with Gasteiger partial charge in [0.2, 0.25) is 0 Å². The van der Waals surface area contributed by atoms with Gasteiger partial charge in [-0.25, -0.2) is 0 Å². The highest BCUT2D eigenvalue weighted by Gasteiger charge is 2.13. The van der Waals surface area contributed by atoms with Crippen molar-refractivity contribution in [3.05, 3.63) is 17.5 Å². The van der Waals surface area contributed by atoms with Gasteiger partial charge in [0.05, 0.1) is 5.69 Å². The smallest absolute Gasteiger partial charge is 0.0638 e. The molecule has 3 heteroatoms. The van der Waals surface area contributed by atoms with Gasteiger partial charge in [0.15, 0.2) is 0 Å². The molecule has 0 aliphatic heterocycles. The highest BCUT2D eigenvalue weighted by molar-refractivity contribution is 5.15. The Morgan fingerprint density at radius 3 is 2.28 bits per heavy atom. The number of nitrogens with one attached hydrogen (secondary N) is 1. The number of nitrogens with zero attached hydrogens (tertiary/aromatic N) is 2. The van der Waals surface area contributed by atoms with Crippen LogP contribution in [-0.2, 0) is 13.1 Å². The fourth-order valence-corrected chi connectivity index (χ4v) is 1.66. The largest absolute Gasteiger partial charge is 0.308 e. The number of aryl methyl sites for hydroxylation is 2. The van der Waals surface area contributed by atoms with E-state index >= 15 is 0 Å². The van der Waals surface area contributed by atoms with E-state index in [0.29, 0.717) is 5.41 Å². The van der Waals surface area contributed by atoms with Gasteiger partial charge in [0.25, 0.3) is 0 Å². The first-order chi connectivity index (χ1) is 8.07. The molecular weight excluding hydrogens is 222 g/mol. The van der Waals surface area contributed by atoms with E-state index in [-0.39, 0.29) is 5.54 Å². The lowest BCUT2D eigenvalue weighted by Gasteiger charge is -2.20. The van der Waals surface area contributed by atoms with Crippen molar-refractivity contribution >= 4 is 0 Å². The molecule has 1 aromatic heterocycles. The second-order valence-corrected chi connectivity index (χ2v) is 7.42. The van der Waals surface area contributed by atoms with E-state index in [1.165, 1.54) is 5.56 Å². The van der Waals surface area contributed by atoms with Gasteiger partial charge in [-0.05, 0) is 39.5 Å². The lowest BCUT2D eigenvalue weighted by molar-refractivity contribution is 0.340. The van der Waals surface area contributed by atoms with Gasteiger partial charge in [-0.3, -0.25) is 4.68 Å². The third-order valence-corrected chi connectivity index (χ3v) is 2.95. The van der Waals surface area contributed by atoms with Crippen LogP contribution in [0.3, 0.4) is 0 Å². The molecule has 0 saturated heterocycles. The van der Waals surface area contributed by atoms with Crippen LogP contribution in [0.25, 0.3) is 0 Å². The maximum atomic E-state index is 4.59. The highest BCUT2D eigenvalue weighted by atomic mass is 15.3. The van der Waals surface area contributed by atoms with E-state index in [0.717, 1.165) is 25.2 Å². The second kappa shape index (κ2) is 5.43. The molecule has 0 spiro atoms. The molecule has 0 fully saturated rings. The molecule has 3 nitrogen and oxygen atoms in total. The van der Waals surface area contributed by atoms with Crippen LogP contribution in [-0.4, -0.2) is 15.3 Å². The fourth-order valence-electron chi connectivity index (χ4n) is 1.66. The summed E-state index contributed by atoms with van der Waals surface area (Å²) < 4.78 is 2.08. The molecule has 104 valence electrons. The summed E-state index contributed by atoms with van der Waals surface area (Å²) >= 11 is 0. The summed E-state index contributed by atoms with van der Waals surface area (Å²) in [5.41, 5.74) is 2.96. The number of rotatable bonds is 4. The minimum absolute atomic E-state index is 0.153.